The maximum Gasteiger partial charge on any atom is 0.136 e. The van der Waals surface area contributed by atoms with Crippen molar-refractivity contribution in [3.63, 3.8) is 0 Å². The quantitative estimate of drug-likeness (QED) is 0.656. The SMILES string of the molecule is CCc1cc(C)n(CO)n1. The molecule has 0 saturated carbocycles. The third-order valence-electron chi connectivity index (χ3n) is 1.53. The van der Waals surface area contributed by atoms with E-state index in [0.29, 0.717) is 0 Å². The number of nitrogens with zero attached hydrogens (tertiary/aromatic N) is 2. The maximum atomic E-state index is 8.73. The van der Waals surface area contributed by atoms with Crippen molar-refractivity contribution in [3.8, 4) is 0 Å². The molecule has 1 aromatic rings. The van der Waals surface area contributed by atoms with Crippen LogP contribution in [-0.4, -0.2) is 14.9 Å². The van der Waals surface area contributed by atoms with Crippen LogP contribution in [0, 0.1) is 6.92 Å². The van der Waals surface area contributed by atoms with E-state index < -0.39 is 0 Å². The number of hydrogen-bond acceptors (Lipinski definition) is 2. The lowest BCUT2D eigenvalue weighted by Gasteiger charge is -1.94. The van der Waals surface area contributed by atoms with Gasteiger partial charge in [-0.05, 0) is 19.4 Å². The van der Waals surface area contributed by atoms with Gasteiger partial charge in [0.25, 0.3) is 0 Å². The van der Waals surface area contributed by atoms with Gasteiger partial charge in [-0.1, -0.05) is 6.92 Å². The Bertz CT molecular complexity index is 217. The first-order valence-corrected chi connectivity index (χ1v) is 3.42. The summed E-state index contributed by atoms with van der Waals surface area (Å²) in [7, 11) is 0. The van der Waals surface area contributed by atoms with Crippen molar-refractivity contribution in [3.05, 3.63) is 17.5 Å². The number of rotatable bonds is 2. The largest absolute Gasteiger partial charge is 0.374 e. The van der Waals surface area contributed by atoms with Gasteiger partial charge in [0.05, 0.1) is 5.69 Å². The highest BCUT2D eigenvalue weighted by atomic mass is 16.3. The van der Waals surface area contributed by atoms with Crippen LogP contribution in [0.15, 0.2) is 6.07 Å². The van der Waals surface area contributed by atoms with Crippen molar-refractivity contribution in [2.45, 2.75) is 27.0 Å². The summed E-state index contributed by atoms with van der Waals surface area (Å²) in [5, 5.41) is 12.8. The van der Waals surface area contributed by atoms with Gasteiger partial charge in [0.1, 0.15) is 6.73 Å². The molecule has 56 valence electrons. The first-order valence-electron chi connectivity index (χ1n) is 3.42. The standard InChI is InChI=1S/C7H12N2O/c1-3-7-4-6(2)9(5-10)8-7/h4,10H,3,5H2,1-2H3. The molecule has 0 bridgehead atoms. The fourth-order valence-electron chi connectivity index (χ4n) is 0.894. The van der Waals surface area contributed by atoms with E-state index in [2.05, 4.69) is 5.10 Å². The summed E-state index contributed by atoms with van der Waals surface area (Å²) in [4.78, 5) is 0. The van der Waals surface area contributed by atoms with E-state index in [1.165, 1.54) is 0 Å². The molecule has 0 aliphatic rings. The second-order valence-corrected chi connectivity index (χ2v) is 2.27. The van der Waals surface area contributed by atoms with Gasteiger partial charge in [0.2, 0.25) is 0 Å². The lowest BCUT2D eigenvalue weighted by molar-refractivity contribution is 0.192. The topological polar surface area (TPSA) is 38.0 Å². The maximum absolute atomic E-state index is 8.73. The van der Waals surface area contributed by atoms with Crippen LogP contribution >= 0.6 is 0 Å². The van der Waals surface area contributed by atoms with Crippen LogP contribution in [-0.2, 0) is 13.2 Å². The van der Waals surface area contributed by atoms with E-state index in [0.717, 1.165) is 17.8 Å². The van der Waals surface area contributed by atoms with Gasteiger partial charge in [-0.15, -0.1) is 0 Å². The van der Waals surface area contributed by atoms with Crippen molar-refractivity contribution in [1.82, 2.24) is 9.78 Å². The van der Waals surface area contributed by atoms with Crippen LogP contribution in [0.1, 0.15) is 18.3 Å². The van der Waals surface area contributed by atoms with Gasteiger partial charge in [-0.25, -0.2) is 4.68 Å². The first kappa shape index (κ1) is 7.28. The van der Waals surface area contributed by atoms with E-state index in [-0.39, 0.29) is 6.73 Å². The molecule has 0 amide bonds. The lowest BCUT2D eigenvalue weighted by atomic mass is 10.3. The Morgan fingerprint density at radius 1 is 1.70 bits per heavy atom. The van der Waals surface area contributed by atoms with Gasteiger partial charge in [-0.2, -0.15) is 5.10 Å². The highest BCUT2D eigenvalue weighted by Crippen LogP contribution is 2.02. The second-order valence-electron chi connectivity index (χ2n) is 2.27. The van der Waals surface area contributed by atoms with Crippen LogP contribution in [0.4, 0.5) is 0 Å². The molecule has 3 nitrogen and oxygen atoms in total. The van der Waals surface area contributed by atoms with E-state index in [4.69, 9.17) is 5.11 Å². The minimum atomic E-state index is -0.0220. The Kier molecular flexibility index (Phi) is 2.06. The van der Waals surface area contributed by atoms with E-state index in [1.807, 2.05) is 19.9 Å². The summed E-state index contributed by atoms with van der Waals surface area (Å²) in [6.07, 6.45) is 0.924. The van der Waals surface area contributed by atoms with Crippen molar-refractivity contribution >= 4 is 0 Å². The molecule has 1 aromatic heterocycles. The Hall–Kier alpha value is -0.830. The summed E-state index contributed by atoms with van der Waals surface area (Å²) >= 11 is 0. The molecular formula is C7H12N2O. The van der Waals surface area contributed by atoms with Crippen LogP contribution in [0.25, 0.3) is 0 Å². The smallest absolute Gasteiger partial charge is 0.136 e. The van der Waals surface area contributed by atoms with Crippen LogP contribution in [0.3, 0.4) is 0 Å². The first-order chi connectivity index (χ1) is 4.77. The Labute approximate surface area is 60.3 Å². The summed E-state index contributed by atoms with van der Waals surface area (Å²) in [5.74, 6) is 0. The highest BCUT2D eigenvalue weighted by molar-refractivity contribution is 5.07. The van der Waals surface area contributed by atoms with E-state index in [1.54, 1.807) is 4.68 Å². The molecule has 3 heteroatoms. The average Bonchev–Trinajstić information content (AvgIpc) is 2.30. The molecule has 0 aliphatic carbocycles. The van der Waals surface area contributed by atoms with Gasteiger partial charge in [-0.3, -0.25) is 0 Å². The molecule has 0 saturated heterocycles. The predicted octanol–water partition coefficient (Wildman–Crippen LogP) is 0.704. The van der Waals surface area contributed by atoms with Gasteiger partial charge >= 0.3 is 0 Å². The molecule has 0 atom stereocenters. The van der Waals surface area contributed by atoms with Crippen LogP contribution in [0.5, 0.6) is 0 Å². The third-order valence-corrected chi connectivity index (χ3v) is 1.53. The molecule has 1 heterocycles. The van der Waals surface area contributed by atoms with Crippen molar-refractivity contribution in [1.29, 1.82) is 0 Å². The molecule has 0 unspecified atom stereocenters. The van der Waals surface area contributed by atoms with Gasteiger partial charge in [0, 0.05) is 5.69 Å². The highest BCUT2D eigenvalue weighted by Gasteiger charge is 1.99. The Balaban J connectivity index is 2.92. The molecule has 0 radical (unpaired) electrons. The fraction of sp³-hybridized carbons (Fsp3) is 0.571. The van der Waals surface area contributed by atoms with Crippen LogP contribution in [0.2, 0.25) is 0 Å². The Morgan fingerprint density at radius 3 is 2.70 bits per heavy atom. The predicted molar refractivity (Wildman–Crippen MR) is 38.6 cm³/mol. The lowest BCUT2D eigenvalue weighted by Crippen LogP contribution is -2.00. The second kappa shape index (κ2) is 2.84. The van der Waals surface area contributed by atoms with Crippen LogP contribution < -0.4 is 0 Å². The molecule has 1 rings (SSSR count). The van der Waals surface area contributed by atoms with Crippen molar-refractivity contribution in [2.75, 3.05) is 0 Å². The summed E-state index contributed by atoms with van der Waals surface area (Å²) in [6.45, 7) is 3.96. The third kappa shape index (κ3) is 1.19. The number of aryl methyl sites for hydroxylation is 2. The zero-order chi connectivity index (χ0) is 7.56. The average molecular weight is 140 g/mol. The molecule has 0 aliphatic heterocycles. The fourth-order valence-corrected chi connectivity index (χ4v) is 0.894. The Morgan fingerprint density at radius 2 is 2.40 bits per heavy atom. The summed E-state index contributed by atoms with van der Waals surface area (Å²) < 4.78 is 1.58. The monoisotopic (exact) mass is 140 g/mol. The van der Waals surface area contributed by atoms with Gasteiger partial charge in [0.15, 0.2) is 0 Å². The summed E-state index contributed by atoms with van der Waals surface area (Å²) in [5.41, 5.74) is 2.05. The zero-order valence-corrected chi connectivity index (χ0v) is 6.33. The minimum absolute atomic E-state index is 0.0220. The minimum Gasteiger partial charge on any atom is -0.374 e. The number of hydrogen-bond donors (Lipinski definition) is 1. The molecule has 1 N–H and O–H groups in total. The normalized spacial score (nSPS) is 10.3. The zero-order valence-electron chi connectivity index (χ0n) is 6.33. The number of aromatic nitrogens is 2. The molecule has 0 fully saturated rings. The molecule has 0 spiro atoms. The van der Waals surface area contributed by atoms with E-state index >= 15 is 0 Å². The number of aliphatic hydroxyl groups is 1. The van der Waals surface area contributed by atoms with Gasteiger partial charge < -0.3 is 5.11 Å². The molecular weight excluding hydrogens is 128 g/mol. The number of aliphatic hydroxyl groups excluding tert-OH is 1. The van der Waals surface area contributed by atoms with Crippen molar-refractivity contribution in [2.24, 2.45) is 0 Å². The van der Waals surface area contributed by atoms with E-state index in [9.17, 15) is 0 Å². The summed E-state index contributed by atoms with van der Waals surface area (Å²) in [6, 6.07) is 1.98. The molecule has 0 aromatic carbocycles. The molecule has 10 heavy (non-hydrogen) atoms. The van der Waals surface area contributed by atoms with Crippen molar-refractivity contribution < 1.29 is 5.11 Å².